The van der Waals surface area contributed by atoms with E-state index in [4.69, 9.17) is 21.1 Å². The average Bonchev–Trinajstić information content (AvgIpc) is 2.81. The Kier molecular flexibility index (Phi) is 8.10. The summed E-state index contributed by atoms with van der Waals surface area (Å²) >= 11 is 9.55. The highest BCUT2D eigenvalue weighted by molar-refractivity contribution is 9.10. The van der Waals surface area contributed by atoms with Crippen LogP contribution in [0.1, 0.15) is 16.7 Å². The molecule has 0 aliphatic rings. The largest absolute Gasteiger partial charge is 0.493 e. The van der Waals surface area contributed by atoms with Crippen molar-refractivity contribution in [2.45, 2.75) is 13.5 Å². The highest BCUT2D eigenvalue weighted by Gasteiger charge is 2.15. The van der Waals surface area contributed by atoms with Gasteiger partial charge in [-0.2, -0.15) is 5.26 Å². The van der Waals surface area contributed by atoms with Crippen molar-refractivity contribution in [2.24, 2.45) is 0 Å². The van der Waals surface area contributed by atoms with Gasteiger partial charge in [0.05, 0.1) is 7.11 Å². The Balaban J connectivity index is 1.83. The second-order valence-electron chi connectivity index (χ2n) is 6.98. The molecule has 0 heterocycles. The molecular formula is C25H19BrClFN2O3. The second-order valence-corrected chi connectivity index (χ2v) is 8.24. The Morgan fingerprint density at radius 3 is 2.61 bits per heavy atom. The van der Waals surface area contributed by atoms with Crippen LogP contribution in [0.3, 0.4) is 0 Å². The molecule has 0 aliphatic heterocycles. The Bertz CT molecular complexity index is 1250. The zero-order chi connectivity index (χ0) is 24.0. The van der Waals surface area contributed by atoms with Crippen LogP contribution in [-0.4, -0.2) is 13.0 Å². The topological polar surface area (TPSA) is 71.3 Å². The summed E-state index contributed by atoms with van der Waals surface area (Å²) in [6.07, 6.45) is 1.45. The van der Waals surface area contributed by atoms with Gasteiger partial charge in [-0.1, -0.05) is 45.7 Å². The number of amides is 1. The van der Waals surface area contributed by atoms with Crippen LogP contribution >= 0.6 is 27.5 Å². The van der Waals surface area contributed by atoms with Gasteiger partial charge in [0.1, 0.15) is 24.1 Å². The van der Waals surface area contributed by atoms with Crippen molar-refractivity contribution in [3.05, 3.63) is 92.2 Å². The van der Waals surface area contributed by atoms with Crippen LogP contribution in [0.15, 0.2) is 64.6 Å². The van der Waals surface area contributed by atoms with E-state index in [0.29, 0.717) is 37.8 Å². The number of nitriles is 1. The molecule has 3 rings (SSSR count). The molecule has 0 radical (unpaired) electrons. The first-order chi connectivity index (χ1) is 15.8. The van der Waals surface area contributed by atoms with Gasteiger partial charge >= 0.3 is 0 Å². The fourth-order valence-corrected chi connectivity index (χ4v) is 3.52. The lowest BCUT2D eigenvalue weighted by Gasteiger charge is -2.13. The lowest BCUT2D eigenvalue weighted by atomic mass is 10.1. The summed E-state index contributed by atoms with van der Waals surface area (Å²) in [4.78, 5) is 12.7. The van der Waals surface area contributed by atoms with Gasteiger partial charge in [-0.15, -0.1) is 0 Å². The van der Waals surface area contributed by atoms with Crippen molar-refractivity contribution in [3.63, 3.8) is 0 Å². The number of methoxy groups -OCH3 is 1. The number of rotatable bonds is 7. The molecule has 3 aromatic rings. The van der Waals surface area contributed by atoms with Gasteiger partial charge in [-0.3, -0.25) is 4.79 Å². The van der Waals surface area contributed by atoms with Crippen molar-refractivity contribution in [2.75, 3.05) is 12.4 Å². The molecular weight excluding hydrogens is 511 g/mol. The van der Waals surface area contributed by atoms with Gasteiger partial charge in [0, 0.05) is 15.2 Å². The van der Waals surface area contributed by atoms with Gasteiger partial charge < -0.3 is 14.8 Å². The maximum Gasteiger partial charge on any atom is 0.266 e. The summed E-state index contributed by atoms with van der Waals surface area (Å²) in [6.45, 7) is 1.99. The van der Waals surface area contributed by atoms with Gasteiger partial charge in [-0.25, -0.2) is 4.39 Å². The predicted molar refractivity (Wildman–Crippen MR) is 130 cm³/mol. The normalized spacial score (nSPS) is 11.0. The number of hydrogen-bond donors (Lipinski definition) is 1. The smallest absolute Gasteiger partial charge is 0.266 e. The third-order valence-corrected chi connectivity index (χ3v) is 5.87. The molecule has 0 bridgehead atoms. The molecule has 0 spiro atoms. The highest BCUT2D eigenvalue weighted by atomic mass is 79.9. The van der Waals surface area contributed by atoms with Gasteiger partial charge in [0.2, 0.25) is 0 Å². The first-order valence-electron chi connectivity index (χ1n) is 9.75. The molecule has 0 unspecified atom stereocenters. The number of anilines is 1. The van der Waals surface area contributed by atoms with E-state index < -0.39 is 5.91 Å². The molecule has 168 valence electrons. The number of carbonyl (C=O) groups excluding carboxylic acids is 1. The van der Waals surface area contributed by atoms with Crippen LogP contribution < -0.4 is 14.8 Å². The summed E-state index contributed by atoms with van der Waals surface area (Å²) in [5, 5.41) is 12.8. The highest BCUT2D eigenvalue weighted by Crippen LogP contribution is 2.35. The SMILES string of the molecule is COc1cc(/C=C(\C#N)C(=O)Nc2cccc(Cl)c2C)c(Br)cc1OCc1ccc(F)cc1. The van der Waals surface area contributed by atoms with Crippen LogP contribution in [0.5, 0.6) is 11.5 Å². The summed E-state index contributed by atoms with van der Waals surface area (Å²) in [7, 11) is 1.49. The number of nitrogens with one attached hydrogen (secondary N) is 1. The van der Waals surface area contributed by atoms with Crippen molar-refractivity contribution < 1.29 is 18.7 Å². The van der Waals surface area contributed by atoms with E-state index in [0.717, 1.165) is 5.56 Å². The maximum absolute atomic E-state index is 13.1. The Hall–Kier alpha value is -3.34. The third-order valence-electron chi connectivity index (χ3n) is 4.77. The Labute approximate surface area is 204 Å². The number of halogens is 3. The molecule has 0 aromatic heterocycles. The lowest BCUT2D eigenvalue weighted by Crippen LogP contribution is -2.14. The monoisotopic (exact) mass is 528 g/mol. The quantitative estimate of drug-likeness (QED) is 0.274. The first-order valence-corrected chi connectivity index (χ1v) is 10.9. The van der Waals surface area contributed by atoms with E-state index in [1.54, 1.807) is 49.4 Å². The van der Waals surface area contributed by atoms with Crippen LogP contribution in [0.2, 0.25) is 5.02 Å². The van der Waals surface area contributed by atoms with Crippen molar-refractivity contribution in [1.82, 2.24) is 0 Å². The molecule has 1 N–H and O–H groups in total. The van der Waals surface area contributed by atoms with Crippen molar-refractivity contribution in [1.29, 1.82) is 5.26 Å². The summed E-state index contributed by atoms with van der Waals surface area (Å²) < 4.78 is 24.9. The molecule has 33 heavy (non-hydrogen) atoms. The number of benzene rings is 3. The number of nitrogens with zero attached hydrogens (tertiary/aromatic N) is 1. The zero-order valence-electron chi connectivity index (χ0n) is 17.8. The number of hydrogen-bond acceptors (Lipinski definition) is 4. The molecule has 8 heteroatoms. The van der Waals surface area contributed by atoms with Gasteiger partial charge in [-0.05, 0) is 66.1 Å². The molecule has 0 atom stereocenters. The van der Waals surface area contributed by atoms with Gasteiger partial charge in [0.25, 0.3) is 5.91 Å². The average molecular weight is 530 g/mol. The summed E-state index contributed by atoms with van der Waals surface area (Å²) in [6, 6.07) is 16.4. The number of ether oxygens (including phenoxy) is 2. The molecule has 5 nitrogen and oxygen atoms in total. The Morgan fingerprint density at radius 2 is 1.94 bits per heavy atom. The minimum atomic E-state index is -0.564. The Morgan fingerprint density at radius 1 is 1.21 bits per heavy atom. The summed E-state index contributed by atoms with van der Waals surface area (Å²) in [5.41, 5.74) is 2.47. The molecule has 0 saturated heterocycles. The minimum Gasteiger partial charge on any atom is -0.493 e. The van der Waals surface area contributed by atoms with Crippen LogP contribution in [0, 0.1) is 24.1 Å². The zero-order valence-corrected chi connectivity index (χ0v) is 20.1. The van der Waals surface area contributed by atoms with Gasteiger partial charge in [0.15, 0.2) is 11.5 Å². The van der Waals surface area contributed by atoms with Crippen LogP contribution in [0.25, 0.3) is 6.08 Å². The molecule has 0 fully saturated rings. The van der Waals surface area contributed by atoms with E-state index in [2.05, 4.69) is 21.2 Å². The summed E-state index contributed by atoms with van der Waals surface area (Å²) in [5.74, 6) is -0.0262. The lowest BCUT2D eigenvalue weighted by molar-refractivity contribution is -0.112. The fourth-order valence-electron chi connectivity index (χ4n) is 2.91. The third kappa shape index (κ3) is 6.13. The number of carbonyl (C=O) groups is 1. The molecule has 0 saturated carbocycles. The van der Waals surface area contributed by atoms with Crippen LogP contribution in [0.4, 0.5) is 10.1 Å². The molecule has 3 aromatic carbocycles. The fraction of sp³-hybridized carbons (Fsp3) is 0.120. The second kappa shape index (κ2) is 11.0. The maximum atomic E-state index is 13.1. The van der Waals surface area contributed by atoms with E-state index in [1.807, 2.05) is 6.07 Å². The van der Waals surface area contributed by atoms with Crippen LogP contribution in [-0.2, 0) is 11.4 Å². The minimum absolute atomic E-state index is 0.0999. The van der Waals surface area contributed by atoms with Crippen molar-refractivity contribution >= 4 is 45.2 Å². The van der Waals surface area contributed by atoms with E-state index in [1.165, 1.54) is 25.3 Å². The van der Waals surface area contributed by atoms with E-state index >= 15 is 0 Å². The van der Waals surface area contributed by atoms with Crippen molar-refractivity contribution in [3.8, 4) is 17.6 Å². The molecule has 1 amide bonds. The van der Waals surface area contributed by atoms with E-state index in [9.17, 15) is 14.4 Å². The first kappa shape index (κ1) is 24.3. The standard InChI is InChI=1S/C25H19BrClFN2O3/c1-15-21(27)4-3-5-22(15)30-25(31)18(13-29)10-17-11-23(32-2)24(12-20(17)26)33-14-16-6-8-19(28)9-7-16/h3-12H,14H2,1-2H3,(H,30,31)/b18-10+. The predicted octanol–water partition coefficient (Wildman–Crippen LogP) is 6.68. The van der Waals surface area contributed by atoms with E-state index in [-0.39, 0.29) is 18.0 Å². The molecule has 0 aliphatic carbocycles.